The molecule has 0 spiro atoms. The van der Waals surface area contributed by atoms with Gasteiger partial charge in [0.25, 0.3) is 0 Å². The van der Waals surface area contributed by atoms with Crippen molar-refractivity contribution in [2.24, 2.45) is 0 Å². The van der Waals surface area contributed by atoms with Gasteiger partial charge >= 0.3 is 0 Å². The first-order valence-electron chi connectivity index (χ1n) is 6.12. The fourth-order valence-electron chi connectivity index (χ4n) is 1.71. The van der Waals surface area contributed by atoms with Gasteiger partial charge in [0.1, 0.15) is 11.5 Å². The van der Waals surface area contributed by atoms with Crippen LogP contribution in [0.1, 0.15) is 12.5 Å². The lowest BCUT2D eigenvalue weighted by Crippen LogP contribution is -2.12. The maximum atomic E-state index is 6.22. The van der Waals surface area contributed by atoms with Gasteiger partial charge in [0.15, 0.2) is 0 Å². The summed E-state index contributed by atoms with van der Waals surface area (Å²) >= 11 is 12.2. The standard InChI is InChI=1S/C15H15Cl2NO/c1-2-18-10-13-14(17)7-4-8-15(13)19-12-6-3-5-11(16)9-12/h3-9,18H,2,10H2,1H3. The fraction of sp³-hybridized carbons (Fsp3) is 0.200. The molecule has 2 nitrogen and oxygen atoms in total. The number of nitrogens with one attached hydrogen (secondary N) is 1. The van der Waals surface area contributed by atoms with Crippen LogP contribution in [0.15, 0.2) is 42.5 Å². The maximum Gasteiger partial charge on any atom is 0.133 e. The van der Waals surface area contributed by atoms with Crippen LogP contribution in [0, 0.1) is 0 Å². The number of hydrogen-bond donors (Lipinski definition) is 1. The lowest BCUT2D eigenvalue weighted by atomic mass is 10.2. The number of hydrogen-bond acceptors (Lipinski definition) is 2. The van der Waals surface area contributed by atoms with Gasteiger partial charge in [-0.15, -0.1) is 0 Å². The first-order valence-corrected chi connectivity index (χ1v) is 6.88. The van der Waals surface area contributed by atoms with E-state index in [9.17, 15) is 0 Å². The normalized spacial score (nSPS) is 10.5. The molecule has 4 heteroatoms. The molecule has 0 atom stereocenters. The molecule has 0 radical (unpaired) electrons. The van der Waals surface area contributed by atoms with Crippen molar-refractivity contribution < 1.29 is 4.74 Å². The van der Waals surface area contributed by atoms with Gasteiger partial charge in [-0.2, -0.15) is 0 Å². The molecule has 0 heterocycles. The Balaban J connectivity index is 2.26. The minimum Gasteiger partial charge on any atom is -0.457 e. The zero-order valence-corrected chi connectivity index (χ0v) is 12.1. The van der Waals surface area contributed by atoms with E-state index in [2.05, 4.69) is 5.32 Å². The van der Waals surface area contributed by atoms with Crippen molar-refractivity contribution in [3.63, 3.8) is 0 Å². The second-order valence-electron chi connectivity index (χ2n) is 4.06. The van der Waals surface area contributed by atoms with Crippen molar-refractivity contribution in [1.82, 2.24) is 5.32 Å². The molecule has 0 amide bonds. The van der Waals surface area contributed by atoms with Gasteiger partial charge < -0.3 is 10.1 Å². The Morgan fingerprint density at radius 3 is 2.63 bits per heavy atom. The van der Waals surface area contributed by atoms with Gasteiger partial charge in [-0.05, 0) is 36.9 Å². The first kappa shape index (κ1) is 14.2. The molecular formula is C15H15Cl2NO. The molecule has 2 aromatic carbocycles. The van der Waals surface area contributed by atoms with E-state index in [1.165, 1.54) is 0 Å². The van der Waals surface area contributed by atoms with E-state index in [0.29, 0.717) is 22.3 Å². The summed E-state index contributed by atoms with van der Waals surface area (Å²) in [5.41, 5.74) is 0.950. The molecule has 0 aliphatic rings. The van der Waals surface area contributed by atoms with E-state index >= 15 is 0 Å². The van der Waals surface area contributed by atoms with E-state index in [4.69, 9.17) is 27.9 Å². The van der Waals surface area contributed by atoms with Gasteiger partial charge in [0.05, 0.1) is 0 Å². The molecule has 0 aromatic heterocycles. The zero-order valence-electron chi connectivity index (χ0n) is 10.6. The molecule has 19 heavy (non-hydrogen) atoms. The molecule has 0 bridgehead atoms. The van der Waals surface area contributed by atoms with Gasteiger partial charge in [-0.1, -0.05) is 42.3 Å². The summed E-state index contributed by atoms with van der Waals surface area (Å²) < 4.78 is 5.86. The van der Waals surface area contributed by atoms with Crippen LogP contribution in [-0.2, 0) is 6.54 Å². The smallest absolute Gasteiger partial charge is 0.133 e. The molecule has 0 aliphatic carbocycles. The van der Waals surface area contributed by atoms with Gasteiger partial charge in [-0.3, -0.25) is 0 Å². The number of benzene rings is 2. The predicted molar refractivity (Wildman–Crippen MR) is 80.4 cm³/mol. The highest BCUT2D eigenvalue weighted by molar-refractivity contribution is 6.31. The average Bonchev–Trinajstić information content (AvgIpc) is 2.38. The van der Waals surface area contributed by atoms with Crippen LogP contribution in [0.3, 0.4) is 0 Å². The van der Waals surface area contributed by atoms with Crippen molar-refractivity contribution in [3.8, 4) is 11.5 Å². The summed E-state index contributed by atoms with van der Waals surface area (Å²) in [6.45, 7) is 3.60. The minimum absolute atomic E-state index is 0.646. The van der Waals surface area contributed by atoms with Crippen molar-refractivity contribution in [1.29, 1.82) is 0 Å². The van der Waals surface area contributed by atoms with Crippen LogP contribution in [0.4, 0.5) is 0 Å². The van der Waals surface area contributed by atoms with Crippen molar-refractivity contribution >= 4 is 23.2 Å². The van der Waals surface area contributed by atoms with Gasteiger partial charge in [-0.25, -0.2) is 0 Å². The van der Waals surface area contributed by atoms with E-state index in [1.54, 1.807) is 6.07 Å². The highest BCUT2D eigenvalue weighted by Crippen LogP contribution is 2.31. The molecule has 0 saturated carbocycles. The zero-order chi connectivity index (χ0) is 13.7. The average molecular weight is 296 g/mol. The lowest BCUT2D eigenvalue weighted by Gasteiger charge is -2.13. The van der Waals surface area contributed by atoms with E-state index in [-0.39, 0.29) is 0 Å². The topological polar surface area (TPSA) is 21.3 Å². The number of ether oxygens (including phenoxy) is 1. The molecule has 0 aliphatic heterocycles. The third-order valence-electron chi connectivity index (χ3n) is 2.65. The SMILES string of the molecule is CCNCc1c(Cl)cccc1Oc1cccc(Cl)c1. The van der Waals surface area contributed by atoms with Crippen molar-refractivity contribution in [2.75, 3.05) is 6.54 Å². The van der Waals surface area contributed by atoms with Gasteiger partial charge in [0, 0.05) is 22.2 Å². The predicted octanol–water partition coefficient (Wildman–Crippen LogP) is 4.90. The van der Waals surface area contributed by atoms with Gasteiger partial charge in [0.2, 0.25) is 0 Å². The van der Waals surface area contributed by atoms with E-state index < -0.39 is 0 Å². The Morgan fingerprint density at radius 2 is 1.89 bits per heavy atom. The van der Waals surface area contributed by atoms with Crippen LogP contribution >= 0.6 is 23.2 Å². The molecule has 2 aromatic rings. The highest BCUT2D eigenvalue weighted by atomic mass is 35.5. The molecule has 0 unspecified atom stereocenters. The first-order chi connectivity index (χ1) is 9.20. The van der Waals surface area contributed by atoms with Crippen molar-refractivity contribution in [3.05, 3.63) is 58.1 Å². The van der Waals surface area contributed by atoms with Crippen LogP contribution < -0.4 is 10.1 Å². The summed E-state index contributed by atoms with van der Waals surface area (Å²) in [6, 6.07) is 12.9. The van der Waals surface area contributed by atoms with Crippen LogP contribution in [0.25, 0.3) is 0 Å². The van der Waals surface area contributed by atoms with Crippen LogP contribution in [-0.4, -0.2) is 6.54 Å². The Labute approximate surface area is 123 Å². The summed E-state index contributed by atoms with van der Waals surface area (Å²) in [5.74, 6) is 1.45. The number of halogens is 2. The highest BCUT2D eigenvalue weighted by Gasteiger charge is 2.08. The molecular weight excluding hydrogens is 281 g/mol. The quantitative estimate of drug-likeness (QED) is 0.847. The molecule has 1 N–H and O–H groups in total. The molecule has 0 saturated heterocycles. The second-order valence-corrected chi connectivity index (χ2v) is 4.90. The lowest BCUT2D eigenvalue weighted by molar-refractivity contribution is 0.473. The van der Waals surface area contributed by atoms with Crippen LogP contribution in [0.2, 0.25) is 10.0 Å². The van der Waals surface area contributed by atoms with E-state index in [1.807, 2.05) is 43.3 Å². The maximum absolute atomic E-state index is 6.22. The summed E-state index contributed by atoms with van der Waals surface area (Å²) in [4.78, 5) is 0. The van der Waals surface area contributed by atoms with Crippen molar-refractivity contribution in [2.45, 2.75) is 13.5 Å². The summed E-state index contributed by atoms with van der Waals surface area (Å²) in [5, 5.41) is 4.59. The molecule has 100 valence electrons. The second kappa shape index (κ2) is 6.80. The third kappa shape index (κ3) is 3.87. The summed E-state index contributed by atoms with van der Waals surface area (Å²) in [6.07, 6.45) is 0. The Morgan fingerprint density at radius 1 is 1.11 bits per heavy atom. The van der Waals surface area contributed by atoms with E-state index in [0.717, 1.165) is 17.9 Å². The molecule has 2 rings (SSSR count). The fourth-order valence-corrected chi connectivity index (χ4v) is 2.13. The Bertz CT molecular complexity index is 558. The Kier molecular flexibility index (Phi) is 5.08. The van der Waals surface area contributed by atoms with Crippen LogP contribution in [0.5, 0.6) is 11.5 Å². The Hall–Kier alpha value is -1.22. The largest absolute Gasteiger partial charge is 0.457 e. The summed E-state index contributed by atoms with van der Waals surface area (Å²) in [7, 11) is 0. The monoisotopic (exact) mass is 295 g/mol. The number of rotatable bonds is 5. The molecule has 0 fully saturated rings. The minimum atomic E-state index is 0.646. The third-order valence-corrected chi connectivity index (χ3v) is 3.24.